The lowest BCUT2D eigenvalue weighted by Crippen LogP contribution is -2.33. The highest BCUT2D eigenvalue weighted by Gasteiger charge is 2.42. The maximum Gasteiger partial charge on any atom is 0.284 e. The van der Waals surface area contributed by atoms with Crippen molar-refractivity contribution in [3.8, 4) is 17.1 Å². The maximum absolute atomic E-state index is 13.6. The highest BCUT2D eigenvalue weighted by Crippen LogP contribution is 2.52. The molecule has 0 saturated carbocycles. The summed E-state index contributed by atoms with van der Waals surface area (Å²) in [5.41, 5.74) is 3.86. The first kappa shape index (κ1) is 23.0. The number of carbonyl (C=O) groups excluding carboxylic acids is 1. The van der Waals surface area contributed by atoms with Crippen molar-refractivity contribution in [3.63, 3.8) is 0 Å². The van der Waals surface area contributed by atoms with Crippen molar-refractivity contribution >= 4 is 33.5 Å². The van der Waals surface area contributed by atoms with E-state index in [1.54, 1.807) is 24.3 Å². The molecule has 186 valence electrons. The molecule has 2 aliphatic rings. The molecule has 0 fully saturated rings. The quantitative estimate of drug-likeness (QED) is 0.236. The second-order valence-corrected chi connectivity index (χ2v) is 10.5. The van der Waals surface area contributed by atoms with Crippen molar-refractivity contribution in [2.45, 2.75) is 32.7 Å². The molecule has 37 heavy (non-hydrogen) atoms. The van der Waals surface area contributed by atoms with Crippen molar-refractivity contribution in [2.24, 2.45) is 5.41 Å². The summed E-state index contributed by atoms with van der Waals surface area (Å²) < 4.78 is 11.4. The van der Waals surface area contributed by atoms with Gasteiger partial charge >= 0.3 is 0 Å². The second kappa shape index (κ2) is 8.34. The van der Waals surface area contributed by atoms with Crippen LogP contribution in [0.1, 0.15) is 44.1 Å². The molecule has 1 aliphatic heterocycles. The lowest BCUT2D eigenvalue weighted by molar-refractivity contribution is -0.384. The molecule has 0 saturated heterocycles. The van der Waals surface area contributed by atoms with Crippen molar-refractivity contribution in [1.29, 1.82) is 0 Å². The van der Waals surface area contributed by atoms with Crippen LogP contribution in [0.5, 0.6) is 5.75 Å². The third kappa shape index (κ3) is 3.78. The lowest BCUT2D eigenvalue weighted by atomic mass is 9.68. The molecule has 3 aromatic carbocycles. The van der Waals surface area contributed by atoms with E-state index in [1.165, 1.54) is 13.2 Å². The molecule has 2 heterocycles. The fraction of sp³-hybridized carbons (Fsp3) is 0.233. The van der Waals surface area contributed by atoms with Crippen LogP contribution in [-0.2, 0) is 4.79 Å². The van der Waals surface area contributed by atoms with Gasteiger partial charge in [0, 0.05) is 23.2 Å². The molecular formula is C30H26N2O5. The minimum absolute atomic E-state index is 0.0933. The van der Waals surface area contributed by atoms with Crippen LogP contribution in [0.3, 0.4) is 0 Å². The molecule has 0 unspecified atom stereocenters. The van der Waals surface area contributed by atoms with Crippen LogP contribution in [0.25, 0.3) is 27.7 Å². The largest absolute Gasteiger partial charge is 0.497 e. The van der Waals surface area contributed by atoms with Crippen LogP contribution >= 0.6 is 0 Å². The zero-order valence-corrected chi connectivity index (χ0v) is 20.8. The zero-order valence-electron chi connectivity index (χ0n) is 20.8. The van der Waals surface area contributed by atoms with Crippen LogP contribution in [-0.4, -0.2) is 17.8 Å². The fourth-order valence-electron chi connectivity index (χ4n) is 5.70. The smallest absolute Gasteiger partial charge is 0.284 e. The molecule has 4 aromatic rings. The van der Waals surface area contributed by atoms with Crippen LogP contribution in [0.2, 0.25) is 0 Å². The Morgan fingerprint density at radius 2 is 1.86 bits per heavy atom. The SMILES string of the molecule is COc1ccc(-c2ccc([C@H]3Nc4ccc5ccccc5c4C4=C3C(=O)CC(C)(C)C4)o2)c([N+](=O)[O-])c1. The number of methoxy groups -OCH3 is 1. The third-order valence-electron chi connectivity index (χ3n) is 7.32. The summed E-state index contributed by atoms with van der Waals surface area (Å²) >= 11 is 0. The molecule has 7 nitrogen and oxygen atoms in total. The van der Waals surface area contributed by atoms with Gasteiger partial charge in [0.05, 0.1) is 23.7 Å². The Bertz CT molecular complexity index is 1630. The van der Waals surface area contributed by atoms with Gasteiger partial charge in [-0.1, -0.05) is 44.2 Å². The Morgan fingerprint density at radius 1 is 1.05 bits per heavy atom. The Labute approximate surface area is 213 Å². The lowest BCUT2D eigenvalue weighted by Gasteiger charge is -2.39. The van der Waals surface area contributed by atoms with Gasteiger partial charge in [-0.25, -0.2) is 0 Å². The van der Waals surface area contributed by atoms with E-state index in [2.05, 4.69) is 43.4 Å². The van der Waals surface area contributed by atoms with Crippen molar-refractivity contribution in [2.75, 3.05) is 12.4 Å². The van der Waals surface area contributed by atoms with Crippen molar-refractivity contribution in [3.05, 3.63) is 93.7 Å². The highest BCUT2D eigenvalue weighted by molar-refractivity contribution is 6.12. The van der Waals surface area contributed by atoms with Crippen LogP contribution < -0.4 is 10.1 Å². The fourth-order valence-corrected chi connectivity index (χ4v) is 5.70. The minimum atomic E-state index is -0.488. The topological polar surface area (TPSA) is 94.6 Å². The summed E-state index contributed by atoms with van der Waals surface area (Å²) in [6, 6.07) is 20.0. The Hall–Kier alpha value is -4.39. The molecule has 0 radical (unpaired) electrons. The summed E-state index contributed by atoms with van der Waals surface area (Å²) in [5.74, 6) is 1.39. The van der Waals surface area contributed by atoms with Gasteiger partial charge in [0.25, 0.3) is 5.69 Å². The summed E-state index contributed by atoms with van der Waals surface area (Å²) in [5, 5.41) is 17.5. The number of Topliss-reactive ketones (excluding diaryl/α,β-unsaturated/α-hetero) is 1. The average Bonchev–Trinajstić information content (AvgIpc) is 3.36. The van der Waals surface area contributed by atoms with E-state index >= 15 is 0 Å². The number of nitro groups is 1. The Kier molecular flexibility index (Phi) is 5.19. The molecule has 0 bridgehead atoms. The zero-order chi connectivity index (χ0) is 25.9. The number of furan rings is 1. The van der Waals surface area contributed by atoms with Gasteiger partial charge in [0.2, 0.25) is 0 Å². The molecule has 1 aliphatic carbocycles. The van der Waals surface area contributed by atoms with Crippen LogP contribution in [0.4, 0.5) is 11.4 Å². The maximum atomic E-state index is 13.6. The Balaban J connectivity index is 1.51. The van der Waals surface area contributed by atoms with Crippen molar-refractivity contribution < 1.29 is 18.9 Å². The average molecular weight is 495 g/mol. The van der Waals surface area contributed by atoms with Gasteiger partial charge in [0.15, 0.2) is 5.78 Å². The number of nitrogens with one attached hydrogen (secondary N) is 1. The summed E-state index contributed by atoms with van der Waals surface area (Å²) in [6.07, 6.45) is 1.21. The van der Waals surface area contributed by atoms with Crippen molar-refractivity contribution in [1.82, 2.24) is 0 Å². The van der Waals surface area contributed by atoms with E-state index in [4.69, 9.17) is 9.15 Å². The summed E-state index contributed by atoms with van der Waals surface area (Å²) in [4.78, 5) is 24.9. The molecule has 0 amide bonds. The number of ketones is 1. The first-order valence-corrected chi connectivity index (χ1v) is 12.2. The highest BCUT2D eigenvalue weighted by atomic mass is 16.6. The van der Waals surface area contributed by atoms with Gasteiger partial charge in [-0.15, -0.1) is 0 Å². The van der Waals surface area contributed by atoms with Gasteiger partial charge in [-0.3, -0.25) is 14.9 Å². The van der Waals surface area contributed by atoms with E-state index in [0.29, 0.717) is 34.8 Å². The predicted octanol–water partition coefficient (Wildman–Crippen LogP) is 7.33. The second-order valence-electron chi connectivity index (χ2n) is 10.5. The number of carbonyl (C=O) groups is 1. The molecule has 1 atom stereocenters. The van der Waals surface area contributed by atoms with Gasteiger partial charge in [-0.05, 0) is 58.5 Å². The molecular weight excluding hydrogens is 468 g/mol. The van der Waals surface area contributed by atoms with E-state index in [9.17, 15) is 14.9 Å². The number of rotatable bonds is 4. The van der Waals surface area contributed by atoms with E-state index in [-0.39, 0.29) is 16.9 Å². The van der Waals surface area contributed by atoms with Gasteiger partial charge in [0.1, 0.15) is 23.3 Å². The normalized spacial score (nSPS) is 18.2. The van der Waals surface area contributed by atoms with Crippen LogP contribution in [0.15, 0.2) is 76.7 Å². The van der Waals surface area contributed by atoms with E-state index in [0.717, 1.165) is 34.0 Å². The van der Waals surface area contributed by atoms with Gasteiger partial charge < -0.3 is 14.5 Å². The first-order valence-electron chi connectivity index (χ1n) is 12.2. The number of fused-ring (bicyclic) bond motifs is 4. The monoisotopic (exact) mass is 494 g/mol. The predicted molar refractivity (Wildman–Crippen MR) is 143 cm³/mol. The van der Waals surface area contributed by atoms with Crippen LogP contribution in [0, 0.1) is 15.5 Å². The molecule has 0 spiro atoms. The standard InChI is InChI=1S/C30H26N2O5/c1-30(2)15-21-27-19-7-5-4-6-17(19)8-11-22(27)31-29(28(21)24(33)16-30)26-13-12-25(37-26)20-10-9-18(36-3)14-23(20)32(34)35/h4-14,29,31H,15-16H2,1-3H3/t29-/m1/s1. The Morgan fingerprint density at radius 3 is 2.65 bits per heavy atom. The number of hydrogen-bond acceptors (Lipinski definition) is 6. The van der Waals surface area contributed by atoms with E-state index in [1.807, 2.05) is 12.1 Å². The number of nitro benzene ring substituents is 1. The first-order chi connectivity index (χ1) is 17.8. The number of allylic oxidation sites excluding steroid dienone is 1. The molecule has 1 N–H and O–H groups in total. The van der Waals surface area contributed by atoms with Gasteiger partial charge in [-0.2, -0.15) is 0 Å². The van der Waals surface area contributed by atoms with E-state index < -0.39 is 11.0 Å². The number of hydrogen-bond donors (Lipinski definition) is 1. The minimum Gasteiger partial charge on any atom is -0.497 e. The summed E-state index contributed by atoms with van der Waals surface area (Å²) in [7, 11) is 1.47. The number of nitrogens with zero attached hydrogens (tertiary/aromatic N) is 1. The molecule has 1 aromatic heterocycles. The molecule has 6 rings (SSSR count). The third-order valence-corrected chi connectivity index (χ3v) is 7.32. The molecule has 7 heteroatoms. The number of ether oxygens (including phenoxy) is 1. The summed E-state index contributed by atoms with van der Waals surface area (Å²) in [6.45, 7) is 4.26. The number of benzene rings is 3. The number of anilines is 1.